The van der Waals surface area contributed by atoms with Crippen molar-refractivity contribution in [3.05, 3.63) is 59.2 Å². The molecule has 1 saturated heterocycles. The average Bonchev–Trinajstić information content (AvgIpc) is 3.40. The summed E-state index contributed by atoms with van der Waals surface area (Å²) in [5, 5.41) is 23.7. The molecule has 0 bridgehead atoms. The van der Waals surface area contributed by atoms with Gasteiger partial charge in [0.05, 0.1) is 11.7 Å². The minimum Gasteiger partial charge on any atom is -0.456 e. The van der Waals surface area contributed by atoms with Crippen molar-refractivity contribution < 1.29 is 38.6 Å². The Hall–Kier alpha value is -2.72. The normalized spacial score (nSPS) is 40.3. The van der Waals surface area contributed by atoms with E-state index in [-0.39, 0.29) is 42.3 Å². The molecule has 232 valence electrons. The fourth-order valence-corrected chi connectivity index (χ4v) is 9.45. The number of rotatable bonds is 5. The molecule has 5 aliphatic rings. The number of esters is 1. The molecule has 9 heteroatoms. The van der Waals surface area contributed by atoms with Crippen LogP contribution < -0.4 is 0 Å². The van der Waals surface area contributed by atoms with Crippen LogP contribution in [0, 0.1) is 34.5 Å². The lowest BCUT2D eigenvalue weighted by Gasteiger charge is -2.60. The minimum absolute atomic E-state index is 0.112. The molecule has 0 spiro atoms. The number of carbonyl (C=O) groups is 3. The number of ketones is 2. The molecule has 6 rings (SSSR count). The summed E-state index contributed by atoms with van der Waals surface area (Å²) in [4.78, 5) is 44.9. The first-order chi connectivity index (χ1) is 20.1. The number of Topliss-reactive ketones (excluding diaryl/α,β-unsaturated/α-hetero) is 1. The van der Waals surface area contributed by atoms with Gasteiger partial charge in [-0.15, -0.1) is 0 Å². The van der Waals surface area contributed by atoms with Gasteiger partial charge >= 0.3 is 5.97 Å². The fraction of sp³-hybridized carbons (Fsp3) is 0.618. The van der Waals surface area contributed by atoms with Gasteiger partial charge in [0.15, 0.2) is 17.2 Å². The summed E-state index contributed by atoms with van der Waals surface area (Å²) in [5.74, 6) is -1.95. The van der Waals surface area contributed by atoms with E-state index in [0.717, 1.165) is 5.56 Å². The number of aliphatic hydroxyl groups is 2. The second-order valence-electron chi connectivity index (χ2n) is 14.7. The third-order valence-corrected chi connectivity index (χ3v) is 11.0. The maximum atomic E-state index is 15.8. The Morgan fingerprint density at radius 3 is 2.51 bits per heavy atom. The number of halogens is 1. The van der Waals surface area contributed by atoms with E-state index in [1.807, 2.05) is 46.8 Å². The summed E-state index contributed by atoms with van der Waals surface area (Å²) in [7, 11) is 0. The Bertz CT molecular complexity index is 1400. The Balaban J connectivity index is 1.27. The molecule has 1 aromatic carbocycles. The van der Waals surface area contributed by atoms with Gasteiger partial charge in [0.2, 0.25) is 0 Å². The van der Waals surface area contributed by atoms with Gasteiger partial charge in [0, 0.05) is 35.8 Å². The lowest BCUT2D eigenvalue weighted by atomic mass is 9.46. The maximum Gasteiger partial charge on any atom is 0.338 e. The summed E-state index contributed by atoms with van der Waals surface area (Å²) in [6.45, 7) is 9.42. The molecule has 8 nitrogen and oxygen atoms in total. The van der Waals surface area contributed by atoms with Crippen molar-refractivity contribution in [2.75, 3.05) is 13.2 Å². The van der Waals surface area contributed by atoms with E-state index >= 15 is 4.39 Å². The first-order valence-electron chi connectivity index (χ1n) is 15.3. The fourth-order valence-electron chi connectivity index (χ4n) is 9.45. The van der Waals surface area contributed by atoms with Crippen molar-refractivity contribution in [2.24, 2.45) is 34.5 Å². The van der Waals surface area contributed by atoms with Crippen LogP contribution in [-0.4, -0.2) is 69.4 Å². The zero-order valence-corrected chi connectivity index (χ0v) is 25.5. The summed E-state index contributed by atoms with van der Waals surface area (Å²) >= 11 is 0. The van der Waals surface area contributed by atoms with Gasteiger partial charge in [-0.2, -0.15) is 5.06 Å². The highest BCUT2D eigenvalue weighted by atomic mass is 19.1. The van der Waals surface area contributed by atoms with Crippen LogP contribution in [0.1, 0.15) is 69.8 Å². The summed E-state index contributed by atoms with van der Waals surface area (Å²) in [6.07, 6.45) is 3.50. The van der Waals surface area contributed by atoms with Gasteiger partial charge in [-0.05, 0) is 87.3 Å². The number of allylic oxidation sites excluding steroid dienone is 4. The molecular formula is C34H42FNO7. The molecule has 3 saturated carbocycles. The Morgan fingerprint density at radius 2 is 1.86 bits per heavy atom. The number of nitrogens with zero attached hydrogens (tertiary/aromatic N) is 1. The van der Waals surface area contributed by atoms with E-state index in [2.05, 4.69) is 0 Å². The van der Waals surface area contributed by atoms with Gasteiger partial charge in [-0.1, -0.05) is 32.1 Å². The zero-order chi connectivity index (χ0) is 31.1. The van der Waals surface area contributed by atoms with E-state index < -0.39 is 52.7 Å². The van der Waals surface area contributed by atoms with Gasteiger partial charge in [0.1, 0.15) is 18.4 Å². The van der Waals surface area contributed by atoms with E-state index in [1.165, 1.54) is 12.2 Å². The second kappa shape index (κ2) is 10.2. The molecule has 2 N–H and O–H groups in total. The molecule has 1 heterocycles. The quantitative estimate of drug-likeness (QED) is 0.489. The predicted molar refractivity (Wildman–Crippen MR) is 155 cm³/mol. The molecule has 4 aliphatic carbocycles. The zero-order valence-electron chi connectivity index (χ0n) is 25.5. The van der Waals surface area contributed by atoms with E-state index in [0.29, 0.717) is 30.6 Å². The number of alkyl halides is 1. The molecule has 0 radical (unpaired) electrons. The predicted octanol–water partition coefficient (Wildman–Crippen LogP) is 4.14. The third kappa shape index (κ3) is 4.57. The molecular weight excluding hydrogens is 553 g/mol. The topological polar surface area (TPSA) is 113 Å². The van der Waals surface area contributed by atoms with Crippen molar-refractivity contribution in [1.82, 2.24) is 5.06 Å². The summed E-state index contributed by atoms with van der Waals surface area (Å²) < 4.78 is 21.2. The van der Waals surface area contributed by atoms with Crippen LogP contribution >= 0.6 is 0 Å². The molecule has 9 atom stereocenters. The molecule has 43 heavy (non-hydrogen) atoms. The van der Waals surface area contributed by atoms with Crippen LogP contribution in [0.4, 0.5) is 4.39 Å². The van der Waals surface area contributed by atoms with E-state index in [9.17, 15) is 24.6 Å². The molecule has 9 unspecified atom stereocenters. The highest BCUT2D eigenvalue weighted by Crippen LogP contribution is 2.70. The lowest BCUT2D eigenvalue weighted by molar-refractivity contribution is -0.255. The second-order valence-corrected chi connectivity index (χ2v) is 14.7. The van der Waals surface area contributed by atoms with Crippen molar-refractivity contribution in [3.63, 3.8) is 0 Å². The van der Waals surface area contributed by atoms with Crippen molar-refractivity contribution in [1.29, 1.82) is 0 Å². The van der Waals surface area contributed by atoms with E-state index in [1.54, 1.807) is 23.3 Å². The van der Waals surface area contributed by atoms with Crippen LogP contribution in [0.25, 0.3) is 0 Å². The number of fused-ring (bicyclic) bond motifs is 7. The standard InChI is InChI=1S/C34H42FNO7/c1-31(2,3)42-30(41)20-8-6-19(7-9-20)16-36-17-21-12-24-23-14-26(35)25-13-22(38)10-11-32(25,4)29(23)27(39)15-33(24,5)34(21,43-36)28(40)18-37/h6-11,13,21,23-24,26-27,29,37,39H,12,14-18H2,1-5H3. The van der Waals surface area contributed by atoms with Crippen LogP contribution in [-0.2, 0) is 25.7 Å². The van der Waals surface area contributed by atoms with Crippen LogP contribution in [0.15, 0.2) is 48.1 Å². The van der Waals surface area contributed by atoms with Crippen molar-refractivity contribution >= 4 is 17.5 Å². The monoisotopic (exact) mass is 595 g/mol. The van der Waals surface area contributed by atoms with Gasteiger partial charge in [0.25, 0.3) is 0 Å². The molecule has 1 aliphatic heterocycles. The highest BCUT2D eigenvalue weighted by molar-refractivity contribution is 6.01. The number of carbonyl (C=O) groups excluding carboxylic acids is 3. The maximum absolute atomic E-state index is 15.8. The number of benzene rings is 1. The summed E-state index contributed by atoms with van der Waals surface area (Å²) in [5.41, 5.74) is -1.83. The van der Waals surface area contributed by atoms with Crippen LogP contribution in [0.5, 0.6) is 0 Å². The smallest absolute Gasteiger partial charge is 0.338 e. The molecule has 0 amide bonds. The third-order valence-electron chi connectivity index (χ3n) is 11.0. The van der Waals surface area contributed by atoms with Gasteiger partial charge < -0.3 is 14.9 Å². The SMILES string of the molecule is CC(C)(C)OC(=O)c1ccc(CN2CC3CC4C5CC(F)C6=CC(=O)C=CC6(C)C5C(O)CC4(C)C3(C(=O)CO)O2)cc1. The molecule has 1 aromatic rings. The minimum atomic E-state index is -1.35. The first kappa shape index (κ1) is 30.3. The molecule has 4 fully saturated rings. The van der Waals surface area contributed by atoms with Gasteiger partial charge in [-0.3, -0.25) is 14.4 Å². The van der Waals surface area contributed by atoms with Crippen molar-refractivity contribution in [2.45, 2.75) is 83.9 Å². The number of aliphatic hydroxyl groups excluding tert-OH is 2. The van der Waals surface area contributed by atoms with Crippen LogP contribution in [0.3, 0.4) is 0 Å². The largest absolute Gasteiger partial charge is 0.456 e. The van der Waals surface area contributed by atoms with Gasteiger partial charge in [-0.25, -0.2) is 9.18 Å². The Labute approximate surface area is 251 Å². The Kier molecular flexibility index (Phi) is 7.16. The Morgan fingerprint density at radius 1 is 1.16 bits per heavy atom. The van der Waals surface area contributed by atoms with Crippen LogP contribution in [0.2, 0.25) is 0 Å². The first-order valence-corrected chi connectivity index (χ1v) is 15.3. The average molecular weight is 596 g/mol. The van der Waals surface area contributed by atoms with E-state index in [4.69, 9.17) is 9.57 Å². The number of ether oxygens (including phenoxy) is 1. The summed E-state index contributed by atoms with van der Waals surface area (Å²) in [6, 6.07) is 7.07. The highest BCUT2D eigenvalue weighted by Gasteiger charge is 2.75. The number of hydrogen-bond acceptors (Lipinski definition) is 8. The molecule has 0 aromatic heterocycles. The lowest BCUT2D eigenvalue weighted by Crippen LogP contribution is -2.64. The number of hydrogen-bond donors (Lipinski definition) is 2. The van der Waals surface area contributed by atoms with Crippen molar-refractivity contribution in [3.8, 4) is 0 Å². The number of hydroxylamine groups is 2.